The van der Waals surface area contributed by atoms with Gasteiger partial charge in [-0.15, -0.1) is 0 Å². The summed E-state index contributed by atoms with van der Waals surface area (Å²) in [5.74, 6) is 2.14. The van der Waals surface area contributed by atoms with E-state index < -0.39 is 0 Å². The molecule has 136 valence electrons. The first-order valence-electron chi connectivity index (χ1n) is 8.57. The summed E-state index contributed by atoms with van der Waals surface area (Å²) in [6.45, 7) is 7.23. The molecule has 1 aromatic carbocycles. The van der Waals surface area contributed by atoms with Crippen LogP contribution in [-0.4, -0.2) is 22.1 Å². The third-order valence-electron chi connectivity index (χ3n) is 3.77. The summed E-state index contributed by atoms with van der Waals surface area (Å²) in [4.78, 5) is 13.7. The molecule has 6 nitrogen and oxygen atoms in total. The van der Waals surface area contributed by atoms with Gasteiger partial charge in [0.1, 0.15) is 17.9 Å². The van der Waals surface area contributed by atoms with E-state index in [0.717, 1.165) is 28.6 Å². The standard InChI is InChI=1S/C20H24N4O2/c1-20(2,3)19-23-15(12-25-4)10-17(24-19)21-11-16-13-26-18(22-16)14-8-6-5-7-9-14/h5-10,13H,11-12H2,1-4H3,(H,21,23,24). The Morgan fingerprint density at radius 2 is 1.81 bits per heavy atom. The van der Waals surface area contributed by atoms with Gasteiger partial charge in [-0.05, 0) is 12.1 Å². The molecule has 3 rings (SSSR count). The molecule has 0 bridgehead atoms. The Hall–Kier alpha value is -2.73. The number of methoxy groups -OCH3 is 1. The highest BCUT2D eigenvalue weighted by molar-refractivity contribution is 5.52. The van der Waals surface area contributed by atoms with Gasteiger partial charge in [-0.25, -0.2) is 15.0 Å². The predicted octanol–water partition coefficient (Wildman–Crippen LogP) is 4.19. The van der Waals surface area contributed by atoms with Crippen LogP contribution in [0.25, 0.3) is 11.5 Å². The number of nitrogens with zero attached hydrogens (tertiary/aromatic N) is 3. The van der Waals surface area contributed by atoms with Gasteiger partial charge in [0.15, 0.2) is 0 Å². The zero-order valence-electron chi connectivity index (χ0n) is 15.6. The normalized spacial score (nSPS) is 11.5. The number of ether oxygens (including phenoxy) is 1. The topological polar surface area (TPSA) is 73.1 Å². The van der Waals surface area contributed by atoms with E-state index in [2.05, 4.69) is 41.0 Å². The smallest absolute Gasteiger partial charge is 0.226 e. The minimum Gasteiger partial charge on any atom is -0.444 e. The molecule has 0 saturated heterocycles. The van der Waals surface area contributed by atoms with E-state index in [1.807, 2.05) is 36.4 Å². The quantitative estimate of drug-likeness (QED) is 0.717. The van der Waals surface area contributed by atoms with Gasteiger partial charge in [-0.2, -0.15) is 0 Å². The minimum absolute atomic E-state index is 0.144. The number of benzene rings is 1. The van der Waals surface area contributed by atoms with E-state index in [4.69, 9.17) is 9.15 Å². The largest absolute Gasteiger partial charge is 0.444 e. The average molecular weight is 352 g/mol. The van der Waals surface area contributed by atoms with Crippen LogP contribution in [0.15, 0.2) is 47.1 Å². The fourth-order valence-electron chi connectivity index (χ4n) is 2.43. The van der Waals surface area contributed by atoms with Crippen LogP contribution in [0, 0.1) is 0 Å². The summed E-state index contributed by atoms with van der Waals surface area (Å²) >= 11 is 0. The second-order valence-electron chi connectivity index (χ2n) is 7.11. The number of aromatic nitrogens is 3. The first-order chi connectivity index (χ1) is 12.5. The Kier molecular flexibility index (Phi) is 5.32. The summed E-state index contributed by atoms with van der Waals surface area (Å²) < 4.78 is 10.8. The highest BCUT2D eigenvalue weighted by Gasteiger charge is 2.19. The molecule has 0 unspecified atom stereocenters. The fourth-order valence-corrected chi connectivity index (χ4v) is 2.43. The Bertz CT molecular complexity index is 854. The molecule has 0 spiro atoms. The lowest BCUT2D eigenvalue weighted by atomic mass is 9.95. The van der Waals surface area contributed by atoms with E-state index in [0.29, 0.717) is 19.0 Å². The number of hydrogen-bond acceptors (Lipinski definition) is 6. The molecule has 0 saturated carbocycles. The second-order valence-corrected chi connectivity index (χ2v) is 7.11. The maximum Gasteiger partial charge on any atom is 0.226 e. The zero-order chi connectivity index (χ0) is 18.6. The molecule has 6 heteroatoms. The van der Waals surface area contributed by atoms with Crippen molar-refractivity contribution in [2.24, 2.45) is 0 Å². The van der Waals surface area contributed by atoms with Crippen molar-refractivity contribution in [3.8, 4) is 11.5 Å². The van der Waals surface area contributed by atoms with Crippen molar-refractivity contribution in [2.75, 3.05) is 12.4 Å². The van der Waals surface area contributed by atoms with Crippen LogP contribution >= 0.6 is 0 Å². The maximum atomic E-state index is 5.58. The Morgan fingerprint density at radius 1 is 1.04 bits per heavy atom. The SMILES string of the molecule is COCc1cc(NCc2coc(-c3ccccc3)n2)nc(C(C)(C)C)n1. The van der Waals surface area contributed by atoms with Crippen LogP contribution in [0.2, 0.25) is 0 Å². The van der Waals surface area contributed by atoms with Gasteiger partial charge >= 0.3 is 0 Å². The van der Waals surface area contributed by atoms with Gasteiger partial charge in [0.25, 0.3) is 0 Å². The lowest BCUT2D eigenvalue weighted by molar-refractivity contribution is 0.181. The molecule has 2 aromatic heterocycles. The maximum absolute atomic E-state index is 5.58. The van der Waals surface area contributed by atoms with Gasteiger partial charge in [0.05, 0.1) is 24.5 Å². The highest BCUT2D eigenvalue weighted by Crippen LogP contribution is 2.22. The van der Waals surface area contributed by atoms with Crippen molar-refractivity contribution >= 4 is 5.82 Å². The first kappa shape index (κ1) is 18.1. The molecule has 0 aliphatic carbocycles. The molecule has 0 atom stereocenters. The van der Waals surface area contributed by atoms with Crippen molar-refractivity contribution in [3.05, 3.63) is 59.9 Å². The Labute approximate surface area is 153 Å². The highest BCUT2D eigenvalue weighted by atomic mass is 16.5. The molecule has 1 N–H and O–H groups in total. The molecule has 2 heterocycles. The van der Waals surface area contributed by atoms with E-state index >= 15 is 0 Å². The van der Waals surface area contributed by atoms with Crippen LogP contribution in [0.3, 0.4) is 0 Å². The molecule has 0 aliphatic heterocycles. The lowest BCUT2D eigenvalue weighted by Crippen LogP contribution is -2.18. The molecular weight excluding hydrogens is 328 g/mol. The molecule has 0 aliphatic rings. The van der Waals surface area contributed by atoms with Crippen LogP contribution in [-0.2, 0) is 23.3 Å². The second kappa shape index (κ2) is 7.66. The van der Waals surface area contributed by atoms with E-state index in [9.17, 15) is 0 Å². The number of oxazole rings is 1. The monoisotopic (exact) mass is 352 g/mol. The third-order valence-corrected chi connectivity index (χ3v) is 3.77. The van der Waals surface area contributed by atoms with Crippen LogP contribution in [0.1, 0.15) is 38.0 Å². The van der Waals surface area contributed by atoms with Crippen LogP contribution in [0.4, 0.5) is 5.82 Å². The Balaban J connectivity index is 1.75. The van der Waals surface area contributed by atoms with Gasteiger partial charge < -0.3 is 14.5 Å². The van der Waals surface area contributed by atoms with Gasteiger partial charge in [-0.1, -0.05) is 39.0 Å². The van der Waals surface area contributed by atoms with Crippen LogP contribution in [0.5, 0.6) is 0 Å². The third kappa shape index (κ3) is 4.46. The van der Waals surface area contributed by atoms with Crippen molar-refractivity contribution in [3.63, 3.8) is 0 Å². The van der Waals surface area contributed by atoms with Crippen molar-refractivity contribution < 1.29 is 9.15 Å². The molecule has 3 aromatic rings. The summed E-state index contributed by atoms with van der Waals surface area (Å²) in [6, 6.07) is 11.7. The van der Waals surface area contributed by atoms with Gasteiger partial charge in [-0.3, -0.25) is 0 Å². The molecular formula is C20H24N4O2. The minimum atomic E-state index is -0.144. The van der Waals surface area contributed by atoms with Crippen LogP contribution < -0.4 is 5.32 Å². The fraction of sp³-hybridized carbons (Fsp3) is 0.350. The summed E-state index contributed by atoms with van der Waals surface area (Å²) in [6.07, 6.45) is 1.66. The number of anilines is 1. The van der Waals surface area contributed by atoms with E-state index in [-0.39, 0.29) is 5.41 Å². The summed E-state index contributed by atoms with van der Waals surface area (Å²) in [5, 5.41) is 3.31. The van der Waals surface area contributed by atoms with E-state index in [1.54, 1.807) is 13.4 Å². The predicted molar refractivity (Wildman–Crippen MR) is 101 cm³/mol. The average Bonchev–Trinajstić information content (AvgIpc) is 3.09. The van der Waals surface area contributed by atoms with Crippen molar-refractivity contribution in [2.45, 2.75) is 39.3 Å². The van der Waals surface area contributed by atoms with Gasteiger partial charge in [0, 0.05) is 24.2 Å². The van der Waals surface area contributed by atoms with Crippen molar-refractivity contribution in [1.29, 1.82) is 0 Å². The summed E-state index contributed by atoms with van der Waals surface area (Å²) in [7, 11) is 1.66. The molecule has 26 heavy (non-hydrogen) atoms. The first-order valence-corrected chi connectivity index (χ1v) is 8.57. The molecule has 0 amide bonds. The molecule has 0 fully saturated rings. The number of hydrogen-bond donors (Lipinski definition) is 1. The van der Waals surface area contributed by atoms with Gasteiger partial charge in [0.2, 0.25) is 5.89 Å². The van der Waals surface area contributed by atoms with Crippen molar-refractivity contribution in [1.82, 2.24) is 15.0 Å². The molecule has 0 radical (unpaired) electrons. The number of nitrogens with one attached hydrogen (secondary N) is 1. The lowest BCUT2D eigenvalue weighted by Gasteiger charge is -2.18. The Morgan fingerprint density at radius 3 is 2.50 bits per heavy atom. The summed E-state index contributed by atoms with van der Waals surface area (Å²) in [5.41, 5.74) is 2.47. The van der Waals surface area contributed by atoms with E-state index in [1.165, 1.54) is 0 Å². The zero-order valence-corrected chi connectivity index (χ0v) is 15.6. The number of rotatable bonds is 6.